The molecule has 1 amide bonds. The quantitative estimate of drug-likeness (QED) is 0.187. The van der Waals surface area contributed by atoms with Gasteiger partial charge in [0.2, 0.25) is 0 Å². The minimum Gasteiger partial charge on any atom is -0.506 e. The van der Waals surface area contributed by atoms with E-state index in [1.165, 1.54) is 12.1 Å². The molecular weight excluding hydrogens is 415 g/mol. The van der Waals surface area contributed by atoms with Crippen LogP contribution in [-0.4, -0.2) is 34.2 Å². The number of carbonyl (C=O) groups is 1. The first-order valence-corrected chi connectivity index (χ1v) is 10.6. The van der Waals surface area contributed by atoms with E-state index in [0.29, 0.717) is 22.9 Å². The highest BCUT2D eigenvalue weighted by molar-refractivity contribution is 8.76. The molecule has 9 heteroatoms. The minimum atomic E-state index is -0.454. The van der Waals surface area contributed by atoms with Crippen molar-refractivity contribution in [3.05, 3.63) is 58.1 Å². The largest absolute Gasteiger partial charge is 0.506 e. The third kappa shape index (κ3) is 6.64. The number of amides is 1. The number of phenolic OH excluding ortho intramolecular Hbond substituents is 1. The second-order valence-corrected chi connectivity index (χ2v) is 8.46. The molecule has 0 saturated carbocycles. The average Bonchev–Trinajstić information content (AvgIpc) is 2.62. The maximum absolute atomic E-state index is 12.1. The fourth-order valence-electron chi connectivity index (χ4n) is 1.95. The monoisotopic (exact) mass is 430 g/mol. The number of carbonyl (C=O) groups excluding carboxylic acids is 1. The number of halogens is 2. The van der Waals surface area contributed by atoms with Crippen molar-refractivity contribution < 1.29 is 15.1 Å². The van der Waals surface area contributed by atoms with Crippen LogP contribution in [0.5, 0.6) is 5.75 Å². The molecule has 0 aliphatic carbocycles. The molecule has 0 fully saturated rings. The van der Waals surface area contributed by atoms with Crippen LogP contribution in [0.4, 0.5) is 0 Å². The Morgan fingerprint density at radius 3 is 2.69 bits per heavy atom. The predicted octanol–water partition coefficient (Wildman–Crippen LogP) is 4.63. The fraction of sp³-hybridized carbons (Fsp3) is 0.176. The zero-order valence-electron chi connectivity index (χ0n) is 13.5. The molecule has 0 aliphatic heterocycles. The van der Waals surface area contributed by atoms with E-state index in [2.05, 4.69) is 10.5 Å². The molecule has 0 unspecified atom stereocenters. The smallest absolute Gasteiger partial charge is 0.269 e. The fourth-order valence-corrected chi connectivity index (χ4v) is 4.34. The zero-order valence-corrected chi connectivity index (χ0v) is 16.6. The molecule has 0 heterocycles. The SMILES string of the molecule is O=C(NCCSSc1cccc(Cl)c1)/C(Cc1ccc(O)c(Cl)c1)=N/O. The first-order chi connectivity index (χ1) is 12.5. The number of nitrogens with one attached hydrogen (secondary N) is 1. The first kappa shape index (κ1) is 20.8. The van der Waals surface area contributed by atoms with Crippen molar-refractivity contribution in [1.82, 2.24) is 5.32 Å². The van der Waals surface area contributed by atoms with Gasteiger partial charge in [-0.3, -0.25) is 4.79 Å². The average molecular weight is 431 g/mol. The maximum atomic E-state index is 12.1. The molecular formula is C17H16Cl2N2O3S2. The summed E-state index contributed by atoms with van der Waals surface area (Å²) in [5.41, 5.74) is 0.626. The van der Waals surface area contributed by atoms with E-state index in [0.717, 1.165) is 4.90 Å². The first-order valence-electron chi connectivity index (χ1n) is 7.51. The normalized spacial score (nSPS) is 11.4. The Bertz CT molecular complexity index is 803. The van der Waals surface area contributed by atoms with Crippen LogP contribution in [0.1, 0.15) is 5.56 Å². The van der Waals surface area contributed by atoms with Crippen molar-refractivity contribution in [2.24, 2.45) is 5.16 Å². The Labute approximate surface area is 169 Å². The van der Waals surface area contributed by atoms with E-state index in [1.54, 1.807) is 27.7 Å². The molecule has 2 aromatic carbocycles. The number of benzene rings is 2. The van der Waals surface area contributed by atoms with Crippen LogP contribution >= 0.6 is 44.8 Å². The lowest BCUT2D eigenvalue weighted by molar-refractivity contribution is -0.114. The van der Waals surface area contributed by atoms with Gasteiger partial charge >= 0.3 is 0 Å². The van der Waals surface area contributed by atoms with Crippen LogP contribution in [0, 0.1) is 0 Å². The Balaban J connectivity index is 1.75. The van der Waals surface area contributed by atoms with E-state index in [-0.39, 0.29) is 22.9 Å². The highest BCUT2D eigenvalue weighted by atomic mass is 35.5. The van der Waals surface area contributed by atoms with Gasteiger partial charge in [-0.15, -0.1) is 0 Å². The van der Waals surface area contributed by atoms with Crippen LogP contribution < -0.4 is 5.32 Å². The van der Waals surface area contributed by atoms with Crippen LogP contribution in [0.15, 0.2) is 52.5 Å². The van der Waals surface area contributed by atoms with Crippen molar-refractivity contribution in [3.8, 4) is 5.75 Å². The molecule has 0 aromatic heterocycles. The summed E-state index contributed by atoms with van der Waals surface area (Å²) in [7, 11) is 3.15. The predicted molar refractivity (Wildman–Crippen MR) is 109 cm³/mol. The minimum absolute atomic E-state index is 0.0285. The number of hydrogen-bond acceptors (Lipinski definition) is 6. The van der Waals surface area contributed by atoms with Crippen LogP contribution in [0.2, 0.25) is 10.0 Å². The van der Waals surface area contributed by atoms with Gasteiger partial charge in [0, 0.05) is 28.6 Å². The van der Waals surface area contributed by atoms with Gasteiger partial charge in [-0.2, -0.15) is 0 Å². The summed E-state index contributed by atoms with van der Waals surface area (Å²) in [4.78, 5) is 13.1. The molecule has 0 aliphatic rings. The van der Waals surface area contributed by atoms with Crippen molar-refractivity contribution in [2.45, 2.75) is 11.3 Å². The molecule has 138 valence electrons. The number of rotatable bonds is 8. The van der Waals surface area contributed by atoms with E-state index in [4.69, 9.17) is 28.4 Å². The van der Waals surface area contributed by atoms with Gasteiger partial charge < -0.3 is 15.6 Å². The van der Waals surface area contributed by atoms with E-state index in [9.17, 15) is 9.90 Å². The molecule has 0 radical (unpaired) electrons. The lowest BCUT2D eigenvalue weighted by Gasteiger charge is -2.07. The van der Waals surface area contributed by atoms with Gasteiger partial charge in [0.05, 0.1) is 5.02 Å². The summed E-state index contributed by atoms with van der Waals surface area (Å²) >= 11 is 11.8. The van der Waals surface area contributed by atoms with Crippen molar-refractivity contribution in [2.75, 3.05) is 12.3 Å². The van der Waals surface area contributed by atoms with Crippen LogP contribution in [0.25, 0.3) is 0 Å². The number of phenols is 1. The third-order valence-electron chi connectivity index (χ3n) is 3.19. The summed E-state index contributed by atoms with van der Waals surface area (Å²) in [6, 6.07) is 12.1. The summed E-state index contributed by atoms with van der Waals surface area (Å²) in [5.74, 6) is 0.175. The lowest BCUT2D eigenvalue weighted by Crippen LogP contribution is -2.33. The van der Waals surface area contributed by atoms with Gasteiger partial charge in [-0.05, 0) is 35.9 Å². The van der Waals surface area contributed by atoms with Gasteiger partial charge in [-0.25, -0.2) is 0 Å². The van der Waals surface area contributed by atoms with Crippen LogP contribution in [-0.2, 0) is 11.2 Å². The highest BCUT2D eigenvalue weighted by Crippen LogP contribution is 2.31. The van der Waals surface area contributed by atoms with Gasteiger partial charge in [0.1, 0.15) is 11.5 Å². The van der Waals surface area contributed by atoms with E-state index >= 15 is 0 Å². The Kier molecular flexibility index (Phi) is 8.44. The number of nitrogens with zero attached hydrogens (tertiary/aromatic N) is 1. The van der Waals surface area contributed by atoms with Gasteiger partial charge in [0.25, 0.3) is 5.91 Å². The summed E-state index contributed by atoms with van der Waals surface area (Å²) in [5, 5.41) is 25.1. The van der Waals surface area contributed by atoms with Crippen molar-refractivity contribution in [1.29, 1.82) is 0 Å². The molecule has 5 nitrogen and oxygen atoms in total. The van der Waals surface area contributed by atoms with Crippen LogP contribution in [0.3, 0.4) is 0 Å². The number of hydrogen-bond donors (Lipinski definition) is 3. The molecule has 0 bridgehead atoms. The number of aromatic hydroxyl groups is 1. The lowest BCUT2D eigenvalue weighted by atomic mass is 10.1. The molecule has 2 aromatic rings. The molecule has 0 spiro atoms. The molecule has 26 heavy (non-hydrogen) atoms. The van der Waals surface area contributed by atoms with E-state index in [1.807, 2.05) is 24.3 Å². The van der Waals surface area contributed by atoms with E-state index < -0.39 is 5.91 Å². The Morgan fingerprint density at radius 2 is 2.00 bits per heavy atom. The summed E-state index contributed by atoms with van der Waals surface area (Å²) < 4.78 is 0. The topological polar surface area (TPSA) is 81.9 Å². The highest BCUT2D eigenvalue weighted by Gasteiger charge is 2.13. The third-order valence-corrected chi connectivity index (χ3v) is 6.09. The summed E-state index contributed by atoms with van der Waals surface area (Å²) in [6.45, 7) is 0.423. The molecule has 0 saturated heterocycles. The second-order valence-electron chi connectivity index (χ2n) is 5.13. The second kappa shape index (κ2) is 10.6. The summed E-state index contributed by atoms with van der Waals surface area (Å²) in [6.07, 6.45) is 0.104. The number of oxime groups is 1. The van der Waals surface area contributed by atoms with Crippen molar-refractivity contribution in [3.63, 3.8) is 0 Å². The molecule has 0 atom stereocenters. The Hall–Kier alpha value is -1.54. The maximum Gasteiger partial charge on any atom is 0.269 e. The van der Waals surface area contributed by atoms with Gasteiger partial charge in [0.15, 0.2) is 0 Å². The van der Waals surface area contributed by atoms with Crippen molar-refractivity contribution >= 4 is 56.4 Å². The molecule has 3 N–H and O–H groups in total. The standard InChI is InChI=1S/C17H16Cl2N2O3S2/c18-12-2-1-3-13(10-12)26-25-7-6-20-17(23)15(21-24)9-11-4-5-16(22)14(19)8-11/h1-5,8,10,22,24H,6-7,9H2,(H,20,23)/b21-15+. The molecule has 2 rings (SSSR count). The zero-order chi connectivity index (χ0) is 18.9. The Morgan fingerprint density at radius 1 is 1.19 bits per heavy atom. The van der Waals surface area contributed by atoms with Gasteiger partial charge in [-0.1, -0.05) is 62.1 Å².